The van der Waals surface area contributed by atoms with Crippen molar-refractivity contribution in [3.8, 4) is 6.07 Å². The van der Waals surface area contributed by atoms with Crippen molar-refractivity contribution in [3.05, 3.63) is 0 Å². The summed E-state index contributed by atoms with van der Waals surface area (Å²) in [6.07, 6.45) is 6.11. The molecule has 0 radical (unpaired) electrons. The summed E-state index contributed by atoms with van der Waals surface area (Å²) in [6, 6.07) is 2.27. The Morgan fingerprint density at radius 1 is 0.850 bits per heavy atom. The molecule has 0 N–H and O–H groups in total. The molecule has 0 aromatic carbocycles. The zero-order valence-corrected chi connectivity index (χ0v) is 14.6. The highest BCUT2D eigenvalue weighted by molar-refractivity contribution is 6.63. The highest BCUT2D eigenvalue weighted by atomic mass is 28.4. The van der Waals surface area contributed by atoms with Crippen molar-refractivity contribution in [2.24, 2.45) is 0 Å². The van der Waals surface area contributed by atoms with E-state index in [0.717, 1.165) is 38.5 Å². The maximum Gasteiger partial charge on any atom is 0.518 e. The Morgan fingerprint density at radius 2 is 1.20 bits per heavy atom. The number of hydrogen-bond donors (Lipinski definition) is 0. The normalized spacial score (nSPS) is 13.2. The first-order valence-corrected chi connectivity index (χ1v) is 9.78. The SMILES string of the molecule is CCCCO[Si](OCCCC)(OCCCC)C(C)C#N. The fourth-order valence-corrected chi connectivity index (χ4v) is 4.10. The summed E-state index contributed by atoms with van der Waals surface area (Å²) in [4.78, 5) is 0. The first-order chi connectivity index (χ1) is 9.66. The molecule has 0 saturated heterocycles. The van der Waals surface area contributed by atoms with Crippen LogP contribution in [0.4, 0.5) is 0 Å². The number of nitrogens with zero attached hydrogens (tertiary/aromatic N) is 1. The van der Waals surface area contributed by atoms with Gasteiger partial charge in [0.2, 0.25) is 0 Å². The number of hydrogen-bond acceptors (Lipinski definition) is 4. The van der Waals surface area contributed by atoms with Crippen LogP contribution in [0.3, 0.4) is 0 Å². The predicted octanol–water partition coefficient (Wildman–Crippen LogP) is 4.29. The van der Waals surface area contributed by atoms with E-state index in [-0.39, 0.29) is 5.54 Å². The van der Waals surface area contributed by atoms with Crippen molar-refractivity contribution in [2.45, 2.75) is 71.8 Å². The molecule has 20 heavy (non-hydrogen) atoms. The van der Waals surface area contributed by atoms with Crippen molar-refractivity contribution in [2.75, 3.05) is 19.8 Å². The molecule has 5 heteroatoms. The first-order valence-electron chi connectivity index (χ1n) is 7.98. The van der Waals surface area contributed by atoms with Crippen LogP contribution in [0.15, 0.2) is 0 Å². The third kappa shape index (κ3) is 7.39. The van der Waals surface area contributed by atoms with E-state index in [0.29, 0.717) is 19.8 Å². The summed E-state index contributed by atoms with van der Waals surface area (Å²) in [5.41, 5.74) is -0.312. The Bertz CT molecular complexity index is 242. The molecule has 1 unspecified atom stereocenters. The molecule has 0 aliphatic rings. The zero-order valence-electron chi connectivity index (χ0n) is 13.6. The third-order valence-corrected chi connectivity index (χ3v) is 6.14. The van der Waals surface area contributed by atoms with Gasteiger partial charge < -0.3 is 13.3 Å². The number of unbranched alkanes of at least 4 members (excludes halogenated alkanes) is 3. The Kier molecular flexibility index (Phi) is 12.1. The monoisotopic (exact) mass is 301 g/mol. The molecule has 0 rings (SSSR count). The molecule has 0 spiro atoms. The van der Waals surface area contributed by atoms with Crippen LogP contribution in [0.2, 0.25) is 5.54 Å². The molecular formula is C15H31NO3Si. The average molecular weight is 302 g/mol. The van der Waals surface area contributed by atoms with Crippen LogP contribution in [0.5, 0.6) is 0 Å². The van der Waals surface area contributed by atoms with Crippen molar-refractivity contribution in [3.63, 3.8) is 0 Å². The van der Waals surface area contributed by atoms with Gasteiger partial charge in [-0.25, -0.2) is 0 Å². The summed E-state index contributed by atoms with van der Waals surface area (Å²) in [7, 11) is -2.87. The largest absolute Gasteiger partial charge is 0.518 e. The second-order valence-electron chi connectivity index (χ2n) is 5.06. The van der Waals surface area contributed by atoms with E-state index in [1.54, 1.807) is 0 Å². The van der Waals surface area contributed by atoms with Crippen molar-refractivity contribution in [1.29, 1.82) is 5.26 Å². The summed E-state index contributed by atoms with van der Waals surface area (Å²) in [6.45, 7) is 10.1. The second-order valence-corrected chi connectivity index (χ2v) is 8.00. The van der Waals surface area contributed by atoms with E-state index >= 15 is 0 Å². The highest BCUT2D eigenvalue weighted by Gasteiger charge is 2.47. The van der Waals surface area contributed by atoms with Crippen LogP contribution >= 0.6 is 0 Å². The predicted molar refractivity (Wildman–Crippen MR) is 83.4 cm³/mol. The van der Waals surface area contributed by atoms with Crippen molar-refractivity contribution in [1.82, 2.24) is 0 Å². The molecular weight excluding hydrogens is 270 g/mol. The van der Waals surface area contributed by atoms with Crippen LogP contribution in [0.25, 0.3) is 0 Å². The van der Waals surface area contributed by atoms with Gasteiger partial charge in [0.15, 0.2) is 0 Å². The molecule has 4 nitrogen and oxygen atoms in total. The highest BCUT2D eigenvalue weighted by Crippen LogP contribution is 2.26. The fraction of sp³-hybridized carbons (Fsp3) is 0.933. The lowest BCUT2D eigenvalue weighted by Crippen LogP contribution is -2.50. The van der Waals surface area contributed by atoms with Gasteiger partial charge in [-0.15, -0.1) is 0 Å². The molecule has 0 fully saturated rings. The molecule has 0 aliphatic carbocycles. The van der Waals surface area contributed by atoms with Crippen LogP contribution in [-0.2, 0) is 13.3 Å². The summed E-state index contributed by atoms with van der Waals surface area (Å²) < 4.78 is 18.0. The lowest BCUT2D eigenvalue weighted by atomic mass is 10.4. The van der Waals surface area contributed by atoms with Crippen LogP contribution < -0.4 is 0 Å². The van der Waals surface area contributed by atoms with E-state index in [1.165, 1.54) is 0 Å². The minimum absolute atomic E-state index is 0.312. The van der Waals surface area contributed by atoms with Gasteiger partial charge >= 0.3 is 8.80 Å². The van der Waals surface area contributed by atoms with Crippen molar-refractivity contribution >= 4 is 8.80 Å². The molecule has 118 valence electrons. The molecule has 0 aliphatic heterocycles. The Balaban J connectivity index is 4.72. The molecule has 0 heterocycles. The second kappa shape index (κ2) is 12.3. The van der Waals surface area contributed by atoms with Crippen LogP contribution in [0.1, 0.15) is 66.2 Å². The maximum atomic E-state index is 9.28. The van der Waals surface area contributed by atoms with E-state index < -0.39 is 8.80 Å². The molecule has 0 aromatic heterocycles. The first kappa shape index (κ1) is 19.6. The van der Waals surface area contributed by atoms with Gasteiger partial charge in [0.1, 0.15) is 5.54 Å². The Hall–Kier alpha value is -0.413. The lowest BCUT2D eigenvalue weighted by molar-refractivity contribution is 0.0525. The number of nitriles is 1. The number of rotatable bonds is 13. The Labute approximate surface area is 125 Å². The summed E-state index contributed by atoms with van der Waals surface area (Å²) in [5, 5.41) is 9.28. The smallest absolute Gasteiger partial charge is 0.373 e. The minimum atomic E-state index is -2.87. The van der Waals surface area contributed by atoms with Gasteiger partial charge in [0.05, 0.1) is 6.07 Å². The van der Waals surface area contributed by atoms with Gasteiger partial charge in [-0.05, 0) is 26.2 Å². The van der Waals surface area contributed by atoms with Gasteiger partial charge in [-0.1, -0.05) is 40.0 Å². The zero-order chi connectivity index (χ0) is 15.3. The van der Waals surface area contributed by atoms with Crippen molar-refractivity contribution < 1.29 is 13.3 Å². The van der Waals surface area contributed by atoms with E-state index in [4.69, 9.17) is 13.3 Å². The Morgan fingerprint density at radius 3 is 1.45 bits per heavy atom. The quantitative estimate of drug-likeness (QED) is 0.376. The maximum absolute atomic E-state index is 9.28. The fourth-order valence-electron chi connectivity index (χ4n) is 1.66. The van der Waals surface area contributed by atoms with Gasteiger partial charge in [-0.3, -0.25) is 0 Å². The van der Waals surface area contributed by atoms with E-state index in [1.807, 2.05) is 6.92 Å². The van der Waals surface area contributed by atoms with E-state index in [9.17, 15) is 5.26 Å². The lowest BCUT2D eigenvalue weighted by Gasteiger charge is -2.31. The van der Waals surface area contributed by atoms with Gasteiger partial charge in [0.25, 0.3) is 0 Å². The van der Waals surface area contributed by atoms with E-state index in [2.05, 4.69) is 26.8 Å². The molecule has 0 aromatic rings. The van der Waals surface area contributed by atoms with Crippen LogP contribution in [-0.4, -0.2) is 28.6 Å². The molecule has 0 amide bonds. The van der Waals surface area contributed by atoms with Gasteiger partial charge in [-0.2, -0.15) is 5.26 Å². The summed E-state index contributed by atoms with van der Waals surface area (Å²) >= 11 is 0. The van der Waals surface area contributed by atoms with Gasteiger partial charge in [0, 0.05) is 19.8 Å². The minimum Gasteiger partial charge on any atom is -0.373 e. The third-order valence-electron chi connectivity index (χ3n) is 3.13. The standard InChI is InChI=1S/C15H31NO3Si/c1-5-8-11-17-20(15(4)14-16,18-12-9-6-2)19-13-10-7-3/h15H,5-13H2,1-4H3. The summed E-state index contributed by atoms with van der Waals surface area (Å²) in [5.74, 6) is 0. The molecule has 0 saturated carbocycles. The molecule has 0 bridgehead atoms. The molecule has 1 atom stereocenters. The van der Waals surface area contributed by atoms with Crippen LogP contribution in [0, 0.1) is 11.3 Å². The topological polar surface area (TPSA) is 51.5 Å². The average Bonchev–Trinajstić information content (AvgIpc) is 2.46.